The molecule has 1 amide bonds. The van der Waals surface area contributed by atoms with Crippen LogP contribution < -0.4 is 14.9 Å². The van der Waals surface area contributed by atoms with Gasteiger partial charge in [-0.3, -0.25) is 4.79 Å². The van der Waals surface area contributed by atoms with Crippen molar-refractivity contribution in [1.29, 1.82) is 0 Å². The molecule has 0 spiro atoms. The first-order valence-electron chi connectivity index (χ1n) is 7.97. The SMILES string of the molecule is CC[C@@H](C)Oc1ccc(/C=N\NC(=O)c2ccccc2OC)cc1Cl. The van der Waals surface area contributed by atoms with Crippen LogP contribution in [0.3, 0.4) is 0 Å². The zero-order valence-corrected chi connectivity index (χ0v) is 15.2. The van der Waals surface area contributed by atoms with Gasteiger partial charge in [0.05, 0.1) is 30.0 Å². The Bertz CT molecular complexity index is 762. The van der Waals surface area contributed by atoms with Gasteiger partial charge in [0.15, 0.2) is 0 Å². The molecule has 0 aliphatic carbocycles. The summed E-state index contributed by atoms with van der Waals surface area (Å²) in [7, 11) is 1.51. The number of nitrogens with zero attached hydrogens (tertiary/aromatic N) is 1. The number of para-hydroxylation sites is 1. The third-order valence-corrected chi connectivity index (χ3v) is 3.89. The quantitative estimate of drug-likeness (QED) is 0.592. The Morgan fingerprint density at radius 1 is 1.28 bits per heavy atom. The Balaban J connectivity index is 2.02. The zero-order chi connectivity index (χ0) is 18.2. The van der Waals surface area contributed by atoms with Crippen molar-refractivity contribution >= 4 is 23.7 Å². The zero-order valence-electron chi connectivity index (χ0n) is 14.5. The molecule has 2 aromatic carbocycles. The molecule has 6 heteroatoms. The summed E-state index contributed by atoms with van der Waals surface area (Å²) in [6.07, 6.45) is 2.51. The second kappa shape index (κ2) is 9.08. The van der Waals surface area contributed by atoms with Gasteiger partial charge >= 0.3 is 0 Å². The van der Waals surface area contributed by atoms with Crippen molar-refractivity contribution in [3.8, 4) is 11.5 Å². The van der Waals surface area contributed by atoms with Crippen LogP contribution in [-0.2, 0) is 0 Å². The molecular formula is C19H21ClN2O3. The number of nitrogens with one attached hydrogen (secondary N) is 1. The first-order chi connectivity index (χ1) is 12.0. The van der Waals surface area contributed by atoms with Gasteiger partial charge < -0.3 is 9.47 Å². The number of ether oxygens (including phenoxy) is 2. The van der Waals surface area contributed by atoms with E-state index in [0.29, 0.717) is 22.1 Å². The number of carbonyl (C=O) groups is 1. The minimum Gasteiger partial charge on any atom is -0.496 e. The monoisotopic (exact) mass is 360 g/mol. The third kappa shape index (κ3) is 5.22. The van der Waals surface area contributed by atoms with Gasteiger partial charge in [-0.05, 0) is 49.2 Å². The number of hydrogen-bond donors (Lipinski definition) is 1. The minimum atomic E-state index is -0.350. The summed E-state index contributed by atoms with van der Waals surface area (Å²) in [5, 5.41) is 4.46. The number of carbonyl (C=O) groups excluding carboxylic acids is 1. The molecule has 1 atom stereocenters. The summed E-state index contributed by atoms with van der Waals surface area (Å²) < 4.78 is 10.9. The van der Waals surface area contributed by atoms with Crippen molar-refractivity contribution in [3.05, 3.63) is 58.6 Å². The molecule has 1 N–H and O–H groups in total. The number of methoxy groups -OCH3 is 1. The van der Waals surface area contributed by atoms with Crippen LogP contribution in [0.25, 0.3) is 0 Å². The fourth-order valence-electron chi connectivity index (χ4n) is 2.05. The molecule has 25 heavy (non-hydrogen) atoms. The molecule has 0 fully saturated rings. The van der Waals surface area contributed by atoms with E-state index < -0.39 is 0 Å². The molecule has 0 radical (unpaired) electrons. The molecule has 0 saturated carbocycles. The van der Waals surface area contributed by atoms with Gasteiger partial charge in [0.1, 0.15) is 11.5 Å². The van der Waals surface area contributed by atoms with Crippen LogP contribution in [0.4, 0.5) is 0 Å². The van der Waals surface area contributed by atoms with Crippen LogP contribution in [0.15, 0.2) is 47.6 Å². The lowest BCUT2D eigenvalue weighted by Crippen LogP contribution is -2.18. The summed E-state index contributed by atoms with van der Waals surface area (Å²) in [6.45, 7) is 4.03. The molecule has 2 rings (SSSR count). The fraction of sp³-hybridized carbons (Fsp3) is 0.263. The van der Waals surface area contributed by atoms with Crippen LogP contribution in [0.1, 0.15) is 36.2 Å². The predicted molar refractivity (Wildman–Crippen MR) is 99.9 cm³/mol. The van der Waals surface area contributed by atoms with Gasteiger partial charge in [-0.25, -0.2) is 5.43 Å². The second-order valence-corrected chi connectivity index (χ2v) is 5.83. The first-order valence-corrected chi connectivity index (χ1v) is 8.35. The van der Waals surface area contributed by atoms with E-state index in [2.05, 4.69) is 10.5 Å². The summed E-state index contributed by atoms with van der Waals surface area (Å²) >= 11 is 6.22. The number of amides is 1. The van der Waals surface area contributed by atoms with Crippen LogP contribution >= 0.6 is 11.6 Å². The van der Waals surface area contributed by atoms with E-state index in [1.165, 1.54) is 13.3 Å². The highest BCUT2D eigenvalue weighted by molar-refractivity contribution is 6.32. The largest absolute Gasteiger partial charge is 0.496 e. The first kappa shape index (κ1) is 18.8. The number of halogens is 1. The fourth-order valence-corrected chi connectivity index (χ4v) is 2.28. The Hall–Kier alpha value is -2.53. The van der Waals surface area contributed by atoms with Crippen LogP contribution in [-0.4, -0.2) is 25.3 Å². The molecular weight excluding hydrogens is 340 g/mol. The van der Waals surface area contributed by atoms with E-state index in [0.717, 1.165) is 12.0 Å². The van der Waals surface area contributed by atoms with Crippen molar-refractivity contribution in [1.82, 2.24) is 5.43 Å². The van der Waals surface area contributed by atoms with Gasteiger partial charge in [-0.2, -0.15) is 5.10 Å². The topological polar surface area (TPSA) is 59.9 Å². The molecule has 132 valence electrons. The normalized spacial score (nSPS) is 12.0. The van der Waals surface area contributed by atoms with E-state index in [1.54, 1.807) is 36.4 Å². The summed E-state index contributed by atoms with van der Waals surface area (Å²) in [5.41, 5.74) is 3.64. The Morgan fingerprint density at radius 3 is 2.72 bits per heavy atom. The molecule has 5 nitrogen and oxygen atoms in total. The van der Waals surface area contributed by atoms with E-state index in [4.69, 9.17) is 21.1 Å². The van der Waals surface area contributed by atoms with Crippen LogP contribution in [0.5, 0.6) is 11.5 Å². The minimum absolute atomic E-state index is 0.0946. The average molecular weight is 361 g/mol. The summed E-state index contributed by atoms with van der Waals surface area (Å²) in [4.78, 5) is 12.1. The maximum atomic E-state index is 12.1. The molecule has 0 unspecified atom stereocenters. The third-order valence-electron chi connectivity index (χ3n) is 3.59. The van der Waals surface area contributed by atoms with Gasteiger partial charge in [0, 0.05) is 0 Å². The molecule has 0 bridgehead atoms. The number of rotatable bonds is 7. The van der Waals surface area contributed by atoms with E-state index in [-0.39, 0.29) is 12.0 Å². The highest BCUT2D eigenvalue weighted by atomic mass is 35.5. The Morgan fingerprint density at radius 2 is 2.04 bits per heavy atom. The van der Waals surface area contributed by atoms with E-state index in [9.17, 15) is 4.79 Å². The number of benzene rings is 2. The molecule has 0 aliphatic heterocycles. The lowest BCUT2D eigenvalue weighted by molar-refractivity contribution is 0.0952. The van der Waals surface area contributed by atoms with Crippen molar-refractivity contribution in [2.24, 2.45) is 5.10 Å². The maximum absolute atomic E-state index is 12.1. The van der Waals surface area contributed by atoms with Gasteiger partial charge in [0.25, 0.3) is 5.91 Å². The standard InChI is InChI=1S/C19H21ClN2O3/c1-4-13(2)25-18-10-9-14(11-16(18)20)12-21-22-19(23)15-7-5-6-8-17(15)24-3/h5-13H,4H2,1-3H3,(H,22,23)/b21-12-/t13-/m1/s1. The molecule has 0 aliphatic rings. The molecule has 0 aromatic heterocycles. The lowest BCUT2D eigenvalue weighted by Gasteiger charge is -2.13. The highest BCUT2D eigenvalue weighted by Crippen LogP contribution is 2.26. The Labute approximate surface area is 152 Å². The van der Waals surface area contributed by atoms with E-state index in [1.807, 2.05) is 19.9 Å². The molecule has 0 heterocycles. The number of hydrogen-bond acceptors (Lipinski definition) is 4. The summed E-state index contributed by atoms with van der Waals surface area (Å²) in [5.74, 6) is 0.771. The lowest BCUT2D eigenvalue weighted by atomic mass is 10.2. The van der Waals surface area contributed by atoms with Crippen molar-refractivity contribution in [3.63, 3.8) is 0 Å². The average Bonchev–Trinajstić information content (AvgIpc) is 2.63. The maximum Gasteiger partial charge on any atom is 0.275 e. The van der Waals surface area contributed by atoms with Gasteiger partial charge in [-0.1, -0.05) is 30.7 Å². The predicted octanol–water partition coefficient (Wildman–Crippen LogP) is 4.29. The van der Waals surface area contributed by atoms with E-state index >= 15 is 0 Å². The van der Waals surface area contributed by atoms with Crippen molar-refractivity contribution < 1.29 is 14.3 Å². The van der Waals surface area contributed by atoms with Crippen LogP contribution in [0.2, 0.25) is 5.02 Å². The van der Waals surface area contributed by atoms with Crippen LogP contribution in [0, 0.1) is 0 Å². The molecule has 2 aromatic rings. The van der Waals surface area contributed by atoms with Crippen molar-refractivity contribution in [2.75, 3.05) is 7.11 Å². The van der Waals surface area contributed by atoms with Gasteiger partial charge in [-0.15, -0.1) is 0 Å². The summed E-state index contributed by atoms with van der Waals surface area (Å²) in [6, 6.07) is 12.3. The van der Waals surface area contributed by atoms with Gasteiger partial charge in [0.2, 0.25) is 0 Å². The number of hydrazone groups is 1. The van der Waals surface area contributed by atoms with Crippen molar-refractivity contribution in [2.45, 2.75) is 26.4 Å². The molecule has 0 saturated heterocycles. The second-order valence-electron chi connectivity index (χ2n) is 5.43. The highest BCUT2D eigenvalue weighted by Gasteiger charge is 2.10. The smallest absolute Gasteiger partial charge is 0.275 e. The Kier molecular flexibility index (Phi) is 6.83.